The van der Waals surface area contributed by atoms with Crippen LogP contribution in [-0.4, -0.2) is 24.8 Å². The Hall–Kier alpha value is -1.99. The number of hydrogen-bond acceptors (Lipinski definition) is 4. The number of para-hydroxylation sites is 1. The minimum absolute atomic E-state index is 0.0285. The van der Waals surface area contributed by atoms with Gasteiger partial charge < -0.3 is 14.8 Å². The van der Waals surface area contributed by atoms with E-state index >= 15 is 0 Å². The molecule has 1 aromatic heterocycles. The van der Waals surface area contributed by atoms with Crippen molar-refractivity contribution in [3.8, 4) is 11.6 Å². The normalized spacial score (nSPS) is 20.4. The van der Waals surface area contributed by atoms with Crippen LogP contribution in [0.3, 0.4) is 0 Å². The lowest BCUT2D eigenvalue weighted by Gasteiger charge is -2.43. The number of rotatable bonds is 4. The highest BCUT2D eigenvalue weighted by Crippen LogP contribution is 2.53. The van der Waals surface area contributed by atoms with Crippen molar-refractivity contribution in [3.05, 3.63) is 47.1 Å². The molecule has 8 heteroatoms. The Kier molecular flexibility index (Phi) is 4.31. The van der Waals surface area contributed by atoms with Gasteiger partial charge in [0.25, 0.3) is 0 Å². The number of halogens is 4. The summed E-state index contributed by atoms with van der Waals surface area (Å²) in [6.07, 6.45) is -4.70. The lowest BCUT2D eigenvalue weighted by Crippen LogP contribution is -2.52. The van der Waals surface area contributed by atoms with E-state index in [1.807, 2.05) is 0 Å². The molecule has 1 unspecified atom stereocenters. The fraction of sp³-hybridized carbons (Fsp3) is 0.312. The first kappa shape index (κ1) is 16.9. The van der Waals surface area contributed by atoms with Crippen molar-refractivity contribution in [3.63, 3.8) is 0 Å². The summed E-state index contributed by atoms with van der Waals surface area (Å²) in [4.78, 5) is 4.03. The average molecular weight is 359 g/mol. The number of alkyl halides is 3. The summed E-state index contributed by atoms with van der Waals surface area (Å²) in [6.45, 7) is 0.0467. The van der Waals surface area contributed by atoms with Crippen molar-refractivity contribution in [2.75, 3.05) is 19.0 Å². The van der Waals surface area contributed by atoms with Crippen molar-refractivity contribution in [1.82, 2.24) is 4.98 Å². The Morgan fingerprint density at radius 2 is 1.96 bits per heavy atom. The summed E-state index contributed by atoms with van der Waals surface area (Å²) in [6, 6.07) is 9.09. The highest BCUT2D eigenvalue weighted by Gasteiger charge is 2.62. The van der Waals surface area contributed by atoms with Gasteiger partial charge >= 0.3 is 6.18 Å². The van der Waals surface area contributed by atoms with Crippen LogP contribution in [0.2, 0.25) is 5.15 Å². The van der Waals surface area contributed by atoms with Crippen LogP contribution in [0.4, 0.5) is 18.9 Å². The van der Waals surface area contributed by atoms with Crippen LogP contribution in [0.1, 0.15) is 12.0 Å². The summed E-state index contributed by atoms with van der Waals surface area (Å²) >= 11 is 5.86. The summed E-state index contributed by atoms with van der Waals surface area (Å²) in [5.41, 5.74) is -1.92. The SMILES string of the molecule is CNc1ccc(Cl)nc1Oc1ccccc1C1(C(F)(F)F)CCO1. The molecule has 0 saturated carbocycles. The average Bonchev–Trinajstić information content (AvgIpc) is 2.46. The summed E-state index contributed by atoms with van der Waals surface area (Å²) < 4.78 is 51.2. The van der Waals surface area contributed by atoms with E-state index in [0.29, 0.717) is 5.69 Å². The van der Waals surface area contributed by atoms with Gasteiger partial charge in [0.2, 0.25) is 5.88 Å². The second-order valence-electron chi connectivity index (χ2n) is 5.26. The van der Waals surface area contributed by atoms with Gasteiger partial charge in [-0.3, -0.25) is 0 Å². The van der Waals surface area contributed by atoms with Gasteiger partial charge in [-0.25, -0.2) is 0 Å². The molecule has 0 radical (unpaired) electrons. The molecule has 1 aromatic carbocycles. The Morgan fingerprint density at radius 1 is 1.25 bits per heavy atom. The molecule has 0 bridgehead atoms. The fourth-order valence-corrected chi connectivity index (χ4v) is 2.71. The standard InChI is InChI=1S/C16H14ClF3N2O2/c1-21-11-6-7-13(17)22-14(11)24-12-5-3-2-4-10(12)15(8-9-23-15)16(18,19)20/h2-7,21H,8-9H2,1H3. The molecule has 0 spiro atoms. The third-order valence-corrected chi connectivity index (χ3v) is 4.10. The quantitative estimate of drug-likeness (QED) is 0.801. The van der Waals surface area contributed by atoms with E-state index in [0.717, 1.165) is 0 Å². The molecule has 2 aromatic rings. The third kappa shape index (κ3) is 2.78. The number of ether oxygens (including phenoxy) is 2. The lowest BCUT2D eigenvalue weighted by atomic mass is 9.85. The minimum Gasteiger partial charge on any atom is -0.437 e. The highest BCUT2D eigenvalue weighted by atomic mass is 35.5. The number of nitrogens with one attached hydrogen (secondary N) is 1. The van der Waals surface area contributed by atoms with Crippen LogP contribution in [0.25, 0.3) is 0 Å². The van der Waals surface area contributed by atoms with Gasteiger partial charge in [0, 0.05) is 19.0 Å². The molecule has 1 N–H and O–H groups in total. The second-order valence-corrected chi connectivity index (χ2v) is 5.65. The predicted octanol–water partition coefficient (Wildman–Crippen LogP) is 4.75. The molecule has 1 saturated heterocycles. The molecule has 1 aliphatic rings. The largest absolute Gasteiger partial charge is 0.437 e. The minimum atomic E-state index is -4.54. The zero-order chi connectivity index (χ0) is 17.4. The molecule has 0 amide bonds. The number of hydrogen-bond donors (Lipinski definition) is 1. The maximum atomic E-state index is 13.5. The zero-order valence-electron chi connectivity index (χ0n) is 12.7. The van der Waals surface area contributed by atoms with E-state index in [9.17, 15) is 13.2 Å². The van der Waals surface area contributed by atoms with Gasteiger partial charge in [-0.15, -0.1) is 0 Å². The van der Waals surface area contributed by atoms with Crippen molar-refractivity contribution in [2.24, 2.45) is 0 Å². The second kappa shape index (κ2) is 6.14. The molecule has 2 heterocycles. The number of aromatic nitrogens is 1. The van der Waals surface area contributed by atoms with Crippen LogP contribution >= 0.6 is 11.6 Å². The van der Waals surface area contributed by atoms with E-state index in [4.69, 9.17) is 21.1 Å². The summed E-state index contributed by atoms with van der Waals surface area (Å²) in [7, 11) is 1.65. The Labute approximate surface area is 141 Å². The molecular weight excluding hydrogens is 345 g/mol. The maximum Gasteiger partial charge on any atom is 0.421 e. The molecule has 1 atom stereocenters. The topological polar surface area (TPSA) is 43.4 Å². The molecule has 1 fully saturated rings. The first-order valence-corrected chi connectivity index (χ1v) is 7.57. The van der Waals surface area contributed by atoms with Gasteiger partial charge in [-0.05, 0) is 18.2 Å². The number of nitrogens with zero attached hydrogens (tertiary/aromatic N) is 1. The lowest BCUT2D eigenvalue weighted by molar-refractivity contribution is -0.333. The van der Waals surface area contributed by atoms with E-state index in [1.54, 1.807) is 25.2 Å². The number of benzene rings is 1. The Morgan fingerprint density at radius 3 is 2.54 bits per heavy atom. The van der Waals surface area contributed by atoms with Crippen molar-refractivity contribution in [2.45, 2.75) is 18.2 Å². The van der Waals surface area contributed by atoms with Crippen LogP contribution < -0.4 is 10.1 Å². The van der Waals surface area contributed by atoms with Gasteiger partial charge in [0.15, 0.2) is 5.60 Å². The number of pyridine rings is 1. The van der Waals surface area contributed by atoms with Crippen LogP contribution in [0.15, 0.2) is 36.4 Å². The first-order valence-electron chi connectivity index (χ1n) is 7.20. The molecule has 4 nitrogen and oxygen atoms in total. The number of anilines is 1. The van der Waals surface area contributed by atoms with E-state index in [-0.39, 0.29) is 35.4 Å². The first-order chi connectivity index (χ1) is 11.4. The Bertz CT molecular complexity index is 748. The monoisotopic (exact) mass is 358 g/mol. The van der Waals surface area contributed by atoms with Crippen molar-refractivity contribution >= 4 is 17.3 Å². The van der Waals surface area contributed by atoms with Gasteiger partial charge in [0.05, 0.1) is 12.3 Å². The zero-order valence-corrected chi connectivity index (χ0v) is 13.4. The predicted molar refractivity (Wildman–Crippen MR) is 83.6 cm³/mol. The molecule has 3 rings (SSSR count). The molecule has 0 aliphatic carbocycles. The smallest absolute Gasteiger partial charge is 0.421 e. The fourth-order valence-electron chi connectivity index (χ4n) is 2.57. The van der Waals surface area contributed by atoms with E-state index < -0.39 is 11.8 Å². The van der Waals surface area contributed by atoms with Crippen LogP contribution in [0, 0.1) is 0 Å². The van der Waals surface area contributed by atoms with Crippen molar-refractivity contribution < 1.29 is 22.6 Å². The highest BCUT2D eigenvalue weighted by molar-refractivity contribution is 6.29. The molecule has 24 heavy (non-hydrogen) atoms. The molecular formula is C16H14ClF3N2O2. The summed E-state index contributed by atoms with van der Waals surface area (Å²) in [5, 5.41) is 3.03. The van der Waals surface area contributed by atoms with E-state index in [1.165, 1.54) is 18.2 Å². The van der Waals surface area contributed by atoms with Gasteiger partial charge in [-0.2, -0.15) is 18.2 Å². The van der Waals surface area contributed by atoms with Gasteiger partial charge in [-0.1, -0.05) is 29.8 Å². The van der Waals surface area contributed by atoms with Crippen LogP contribution in [0.5, 0.6) is 11.6 Å². The molecule has 128 valence electrons. The van der Waals surface area contributed by atoms with E-state index in [2.05, 4.69) is 10.3 Å². The summed E-state index contributed by atoms with van der Waals surface area (Å²) in [5.74, 6) is 0.120. The van der Waals surface area contributed by atoms with Crippen LogP contribution in [-0.2, 0) is 10.3 Å². The van der Waals surface area contributed by atoms with Gasteiger partial charge in [0.1, 0.15) is 10.9 Å². The molecule has 1 aliphatic heterocycles. The maximum absolute atomic E-state index is 13.5. The van der Waals surface area contributed by atoms with Crippen molar-refractivity contribution in [1.29, 1.82) is 0 Å². The third-order valence-electron chi connectivity index (χ3n) is 3.88. The Balaban J connectivity index is 2.04.